The van der Waals surface area contributed by atoms with Crippen molar-refractivity contribution in [3.05, 3.63) is 24.3 Å². The summed E-state index contributed by atoms with van der Waals surface area (Å²) in [6, 6.07) is 8.35. The Kier molecular flexibility index (Phi) is 4.88. The van der Waals surface area contributed by atoms with E-state index in [0.29, 0.717) is 38.3 Å². The number of aromatic nitrogens is 4. The summed E-state index contributed by atoms with van der Waals surface area (Å²) in [6.07, 6.45) is 2.22. The van der Waals surface area contributed by atoms with Crippen LogP contribution in [0.5, 0.6) is 0 Å². The first-order valence-corrected chi connectivity index (χ1v) is 10.4. The van der Waals surface area contributed by atoms with E-state index >= 15 is 0 Å². The number of fused-ring (bicyclic) bond motifs is 2. The Labute approximate surface area is 178 Å². The summed E-state index contributed by atoms with van der Waals surface area (Å²) >= 11 is 0. The molecular weight excluding hydrogens is 398 g/mol. The Morgan fingerprint density at radius 2 is 2.29 bits per heavy atom. The molecule has 3 aliphatic heterocycles. The smallest absolute Gasteiger partial charge is 0.244 e. The minimum Gasteiger partial charge on any atom is -0.325 e. The number of hydrogen-bond acceptors (Lipinski definition) is 8. The average molecular weight is 421 g/mol. The van der Waals surface area contributed by atoms with E-state index in [9.17, 15) is 14.9 Å². The maximum absolute atomic E-state index is 13.1. The highest BCUT2D eigenvalue weighted by atomic mass is 16.2. The maximum Gasteiger partial charge on any atom is 0.244 e. The molecule has 1 aromatic carbocycles. The van der Waals surface area contributed by atoms with Gasteiger partial charge in [-0.05, 0) is 41.8 Å². The molecule has 0 aliphatic carbocycles. The number of piperazine rings is 1. The number of nitrogens with one attached hydrogen (secondary N) is 1. The van der Waals surface area contributed by atoms with Crippen molar-refractivity contribution < 1.29 is 9.59 Å². The number of H-pyrrole nitrogens is 1. The molecule has 0 saturated carbocycles. The van der Waals surface area contributed by atoms with Gasteiger partial charge in [0.1, 0.15) is 6.04 Å². The lowest BCUT2D eigenvalue weighted by molar-refractivity contribution is -0.134. The molecule has 3 saturated heterocycles. The first-order valence-electron chi connectivity index (χ1n) is 10.4. The molecular formula is C20H23N9O2. The zero-order valence-electron chi connectivity index (χ0n) is 16.9. The minimum atomic E-state index is -0.739. The van der Waals surface area contributed by atoms with Gasteiger partial charge < -0.3 is 15.5 Å². The normalized spacial score (nSPS) is 26.5. The molecule has 11 nitrogen and oxygen atoms in total. The van der Waals surface area contributed by atoms with E-state index in [1.807, 2.05) is 34.1 Å². The van der Waals surface area contributed by atoms with E-state index in [1.165, 1.54) is 0 Å². The fourth-order valence-corrected chi connectivity index (χ4v) is 5.00. The van der Waals surface area contributed by atoms with E-state index in [0.717, 1.165) is 17.7 Å². The third-order valence-electron chi connectivity index (χ3n) is 6.45. The summed E-state index contributed by atoms with van der Waals surface area (Å²) in [6.45, 7) is 1.55. The van der Waals surface area contributed by atoms with E-state index in [1.54, 1.807) is 4.90 Å². The van der Waals surface area contributed by atoms with Gasteiger partial charge in [0.15, 0.2) is 5.82 Å². The van der Waals surface area contributed by atoms with Crippen LogP contribution in [0.3, 0.4) is 0 Å². The van der Waals surface area contributed by atoms with Crippen molar-refractivity contribution in [3.8, 4) is 17.5 Å². The van der Waals surface area contributed by atoms with Crippen LogP contribution in [-0.4, -0.2) is 86.0 Å². The van der Waals surface area contributed by atoms with Crippen molar-refractivity contribution in [2.24, 2.45) is 5.73 Å². The third kappa shape index (κ3) is 3.34. The van der Waals surface area contributed by atoms with Gasteiger partial charge in [-0.3, -0.25) is 14.5 Å². The van der Waals surface area contributed by atoms with Gasteiger partial charge in [0.05, 0.1) is 24.2 Å². The van der Waals surface area contributed by atoms with Gasteiger partial charge in [-0.25, -0.2) is 5.10 Å². The molecule has 2 bridgehead atoms. The van der Waals surface area contributed by atoms with Gasteiger partial charge >= 0.3 is 0 Å². The van der Waals surface area contributed by atoms with Crippen LogP contribution in [0.25, 0.3) is 11.4 Å². The van der Waals surface area contributed by atoms with Crippen LogP contribution in [0, 0.1) is 11.3 Å². The number of tetrazole rings is 1. The van der Waals surface area contributed by atoms with Gasteiger partial charge in [-0.1, -0.05) is 12.1 Å². The monoisotopic (exact) mass is 421 g/mol. The van der Waals surface area contributed by atoms with E-state index in [-0.39, 0.29) is 23.9 Å². The number of likely N-dealkylation sites (tertiary alicyclic amines) is 2. The highest BCUT2D eigenvalue weighted by Gasteiger charge is 2.50. The molecule has 160 valence electrons. The summed E-state index contributed by atoms with van der Waals surface area (Å²) in [5, 5.41) is 23.1. The van der Waals surface area contributed by atoms with Crippen molar-refractivity contribution in [1.82, 2.24) is 30.4 Å². The molecule has 3 unspecified atom stereocenters. The fourth-order valence-electron chi connectivity index (χ4n) is 5.00. The van der Waals surface area contributed by atoms with Crippen LogP contribution < -0.4 is 10.6 Å². The Morgan fingerprint density at radius 1 is 1.42 bits per heavy atom. The third-order valence-corrected chi connectivity index (χ3v) is 6.45. The summed E-state index contributed by atoms with van der Waals surface area (Å²) in [5.41, 5.74) is 7.81. The van der Waals surface area contributed by atoms with Crippen LogP contribution in [0.2, 0.25) is 0 Å². The standard InChI is InChI=1S/C20H23N9O2/c21-9-14-5-2-6-28(14)19(30)16(22)11-27-10-15-8-17(27)20(31)29(15)13-4-1-3-12(7-13)18-23-25-26-24-18/h1,3-4,7,14-17H,2,5-6,8,10-11,22H2,(H,23,24,25,26)/t14?,15-,16?,17?/m0/s1. The molecule has 0 radical (unpaired) electrons. The number of carbonyl (C=O) groups excluding carboxylic acids is 2. The highest BCUT2D eigenvalue weighted by molar-refractivity contribution is 6.01. The number of aromatic amines is 1. The molecule has 4 atom stereocenters. The fraction of sp³-hybridized carbons (Fsp3) is 0.500. The van der Waals surface area contributed by atoms with E-state index in [4.69, 9.17) is 5.73 Å². The van der Waals surface area contributed by atoms with E-state index in [2.05, 4.69) is 26.7 Å². The summed E-state index contributed by atoms with van der Waals surface area (Å²) in [5.74, 6) is 0.353. The molecule has 3 fully saturated rings. The van der Waals surface area contributed by atoms with Crippen LogP contribution in [0.15, 0.2) is 24.3 Å². The molecule has 2 aromatic rings. The molecule has 31 heavy (non-hydrogen) atoms. The van der Waals surface area contributed by atoms with Gasteiger partial charge in [-0.15, -0.1) is 5.10 Å². The number of rotatable bonds is 5. The number of hydrogen-bond donors (Lipinski definition) is 2. The Hall–Kier alpha value is -3.36. The summed E-state index contributed by atoms with van der Waals surface area (Å²) in [7, 11) is 0. The lowest BCUT2D eigenvalue weighted by Crippen LogP contribution is -2.56. The van der Waals surface area contributed by atoms with Crippen molar-refractivity contribution in [2.45, 2.75) is 43.4 Å². The van der Waals surface area contributed by atoms with Crippen LogP contribution >= 0.6 is 0 Å². The molecule has 2 amide bonds. The molecule has 3 N–H and O–H groups in total. The van der Waals surface area contributed by atoms with Crippen LogP contribution in [-0.2, 0) is 9.59 Å². The Morgan fingerprint density at radius 3 is 3.03 bits per heavy atom. The number of benzene rings is 1. The number of amides is 2. The van der Waals surface area contributed by atoms with Gasteiger partial charge in [-0.2, -0.15) is 5.26 Å². The van der Waals surface area contributed by atoms with Crippen LogP contribution in [0.4, 0.5) is 5.69 Å². The SMILES string of the molecule is N#CC1CCCN1C(=O)C(N)CN1C[C@@H]2CC1C(=O)N2c1cccc(-c2nnn[nH]2)c1. The lowest BCUT2D eigenvalue weighted by atomic mass is 10.1. The number of nitrogens with zero attached hydrogens (tertiary/aromatic N) is 7. The Bertz CT molecular complexity index is 1030. The van der Waals surface area contributed by atoms with E-state index < -0.39 is 12.1 Å². The minimum absolute atomic E-state index is 0.0137. The molecule has 11 heteroatoms. The predicted octanol–water partition coefficient (Wildman–Crippen LogP) is -0.502. The molecule has 1 aromatic heterocycles. The average Bonchev–Trinajstić information content (AvgIpc) is 3.57. The second kappa shape index (κ2) is 7.72. The molecule has 5 rings (SSSR count). The van der Waals surface area contributed by atoms with Crippen LogP contribution in [0.1, 0.15) is 19.3 Å². The van der Waals surface area contributed by atoms with Gasteiger partial charge in [0, 0.05) is 30.9 Å². The topological polar surface area (TPSA) is 148 Å². The number of anilines is 1. The van der Waals surface area contributed by atoms with Gasteiger partial charge in [0.2, 0.25) is 11.8 Å². The van der Waals surface area contributed by atoms with Crippen molar-refractivity contribution in [2.75, 3.05) is 24.5 Å². The van der Waals surface area contributed by atoms with Crippen molar-refractivity contribution >= 4 is 17.5 Å². The number of carbonyl (C=O) groups is 2. The largest absolute Gasteiger partial charge is 0.325 e. The highest BCUT2D eigenvalue weighted by Crippen LogP contribution is 2.36. The summed E-state index contributed by atoms with van der Waals surface area (Å²) < 4.78 is 0. The Balaban J connectivity index is 1.27. The summed E-state index contributed by atoms with van der Waals surface area (Å²) in [4.78, 5) is 31.3. The zero-order chi connectivity index (χ0) is 21.5. The second-order valence-electron chi connectivity index (χ2n) is 8.29. The lowest BCUT2D eigenvalue weighted by Gasteiger charge is -2.35. The maximum atomic E-state index is 13.1. The van der Waals surface area contributed by atoms with Crippen molar-refractivity contribution in [1.29, 1.82) is 5.26 Å². The molecule has 0 spiro atoms. The first kappa shape index (κ1) is 19.6. The van der Waals surface area contributed by atoms with Gasteiger partial charge in [0.25, 0.3) is 0 Å². The molecule has 4 heterocycles. The zero-order valence-corrected chi connectivity index (χ0v) is 16.9. The number of nitriles is 1. The number of nitrogens with two attached hydrogens (primary N) is 1. The molecule has 3 aliphatic rings. The predicted molar refractivity (Wildman–Crippen MR) is 109 cm³/mol. The first-order chi connectivity index (χ1) is 15.1. The second-order valence-corrected chi connectivity index (χ2v) is 8.29. The van der Waals surface area contributed by atoms with Crippen molar-refractivity contribution in [3.63, 3.8) is 0 Å². The quantitative estimate of drug-likeness (QED) is 0.656.